The van der Waals surface area contributed by atoms with Crippen molar-refractivity contribution in [1.82, 2.24) is 10.2 Å². The highest BCUT2D eigenvalue weighted by molar-refractivity contribution is 6.05. The first-order valence-electron chi connectivity index (χ1n) is 9.99. The van der Waals surface area contributed by atoms with E-state index in [4.69, 9.17) is 5.73 Å². The normalized spacial score (nSPS) is 18.9. The monoisotopic (exact) mass is 378 g/mol. The van der Waals surface area contributed by atoms with Crippen LogP contribution in [-0.4, -0.2) is 42.7 Å². The molecule has 28 heavy (non-hydrogen) atoms. The molecule has 3 N–H and O–H groups in total. The Bertz CT molecular complexity index is 803. The number of hydrogen-bond acceptors (Lipinski definition) is 4. The van der Waals surface area contributed by atoms with Gasteiger partial charge in [0.2, 0.25) is 5.91 Å². The number of nitrogens with two attached hydrogens (primary N) is 1. The first-order valence-corrected chi connectivity index (χ1v) is 9.99. The highest BCUT2D eigenvalue weighted by Gasteiger charge is 2.31. The van der Waals surface area contributed by atoms with Crippen LogP contribution < -0.4 is 11.1 Å². The summed E-state index contributed by atoms with van der Waals surface area (Å²) in [7, 11) is 0. The molecule has 0 radical (unpaired) electrons. The number of aliphatic imine (C=N–C) groups is 1. The highest BCUT2D eigenvalue weighted by Crippen LogP contribution is 2.18. The van der Waals surface area contributed by atoms with Crippen LogP contribution in [0.2, 0.25) is 0 Å². The average Bonchev–Trinajstić information content (AvgIpc) is 2.72. The van der Waals surface area contributed by atoms with Crippen molar-refractivity contribution >= 4 is 11.6 Å². The zero-order valence-corrected chi connectivity index (χ0v) is 16.6. The van der Waals surface area contributed by atoms with Gasteiger partial charge >= 0.3 is 0 Å². The van der Waals surface area contributed by atoms with Crippen LogP contribution >= 0.6 is 0 Å². The number of piperidine rings is 1. The number of nitrogens with zero attached hydrogens (tertiary/aromatic N) is 2. The van der Waals surface area contributed by atoms with Crippen molar-refractivity contribution in [3.63, 3.8) is 0 Å². The number of rotatable bonds is 7. The molecule has 0 aliphatic carbocycles. The van der Waals surface area contributed by atoms with E-state index < -0.39 is 0 Å². The Hall–Kier alpha value is -2.50. The van der Waals surface area contributed by atoms with Crippen LogP contribution in [-0.2, 0) is 17.9 Å². The number of likely N-dealkylation sites (tertiary alicyclic amines) is 1. The summed E-state index contributed by atoms with van der Waals surface area (Å²) in [6, 6.07) is 18.5. The lowest BCUT2D eigenvalue weighted by atomic mass is 9.93. The van der Waals surface area contributed by atoms with Crippen LogP contribution in [0.5, 0.6) is 0 Å². The van der Waals surface area contributed by atoms with Crippen molar-refractivity contribution < 1.29 is 4.79 Å². The van der Waals surface area contributed by atoms with E-state index in [1.165, 1.54) is 11.1 Å². The molecular formula is C23H30N4O. The van der Waals surface area contributed by atoms with Crippen molar-refractivity contribution in [2.24, 2.45) is 16.6 Å². The molecule has 2 aromatic rings. The van der Waals surface area contributed by atoms with E-state index in [1.807, 2.05) is 18.2 Å². The molecule has 0 bridgehead atoms. The number of benzene rings is 2. The maximum atomic E-state index is 13.0. The van der Waals surface area contributed by atoms with Gasteiger partial charge in [0.15, 0.2) is 0 Å². The Morgan fingerprint density at radius 2 is 1.93 bits per heavy atom. The van der Waals surface area contributed by atoms with E-state index in [0.717, 1.165) is 30.8 Å². The molecule has 1 unspecified atom stereocenters. The predicted octanol–water partition coefficient (Wildman–Crippen LogP) is 2.53. The highest BCUT2D eigenvalue weighted by atomic mass is 16.1. The minimum atomic E-state index is -0.215. The standard InChI is InChI=1S/C23H30N4O/c1-18-7-5-6-10-20(18)15-26-23(28)21-17-27(14-11-22(21)25-13-12-24)16-19-8-3-2-4-9-19/h2-10,21H,11-17,24H2,1H3,(H,26,28). The smallest absolute Gasteiger partial charge is 0.230 e. The first kappa shape index (κ1) is 20.2. The molecule has 2 aromatic carbocycles. The summed E-state index contributed by atoms with van der Waals surface area (Å²) < 4.78 is 0. The van der Waals surface area contributed by atoms with Crippen molar-refractivity contribution in [2.75, 3.05) is 26.2 Å². The molecule has 1 fully saturated rings. The van der Waals surface area contributed by atoms with Crippen LogP contribution in [0.25, 0.3) is 0 Å². The lowest BCUT2D eigenvalue weighted by Crippen LogP contribution is -2.47. The second kappa shape index (κ2) is 10.2. The summed E-state index contributed by atoms with van der Waals surface area (Å²) in [5.41, 5.74) is 10.2. The van der Waals surface area contributed by atoms with Gasteiger partial charge in [-0.15, -0.1) is 0 Å². The molecule has 1 saturated heterocycles. The minimum absolute atomic E-state index is 0.0526. The molecule has 1 atom stereocenters. The third-order valence-electron chi connectivity index (χ3n) is 5.25. The Morgan fingerprint density at radius 3 is 2.68 bits per heavy atom. The molecule has 5 heteroatoms. The van der Waals surface area contributed by atoms with E-state index in [-0.39, 0.29) is 11.8 Å². The number of carbonyl (C=O) groups is 1. The molecule has 1 aliphatic heterocycles. The Kier molecular flexibility index (Phi) is 7.34. The van der Waals surface area contributed by atoms with Gasteiger partial charge in [0.25, 0.3) is 0 Å². The number of amides is 1. The Balaban J connectivity index is 1.67. The lowest BCUT2D eigenvalue weighted by Gasteiger charge is -2.33. The molecule has 5 nitrogen and oxygen atoms in total. The van der Waals surface area contributed by atoms with Gasteiger partial charge in [-0.3, -0.25) is 14.7 Å². The molecule has 148 valence electrons. The fraction of sp³-hybridized carbons (Fsp3) is 0.391. The van der Waals surface area contributed by atoms with E-state index in [0.29, 0.717) is 26.2 Å². The van der Waals surface area contributed by atoms with E-state index in [2.05, 4.69) is 58.5 Å². The topological polar surface area (TPSA) is 70.7 Å². The van der Waals surface area contributed by atoms with Crippen LogP contribution in [0.1, 0.15) is 23.1 Å². The van der Waals surface area contributed by atoms with Crippen molar-refractivity contribution in [3.05, 3.63) is 71.3 Å². The summed E-state index contributed by atoms with van der Waals surface area (Å²) in [5.74, 6) is -0.162. The zero-order valence-electron chi connectivity index (χ0n) is 16.6. The number of carbonyl (C=O) groups excluding carboxylic acids is 1. The summed E-state index contributed by atoms with van der Waals surface area (Å²) in [6.07, 6.45) is 0.815. The van der Waals surface area contributed by atoms with Crippen molar-refractivity contribution in [2.45, 2.75) is 26.4 Å². The van der Waals surface area contributed by atoms with Crippen LogP contribution in [0.15, 0.2) is 59.6 Å². The number of hydrogen-bond donors (Lipinski definition) is 2. The molecule has 0 saturated carbocycles. The maximum absolute atomic E-state index is 13.0. The third-order valence-corrected chi connectivity index (χ3v) is 5.25. The zero-order chi connectivity index (χ0) is 19.8. The fourth-order valence-corrected chi connectivity index (χ4v) is 3.63. The lowest BCUT2D eigenvalue weighted by molar-refractivity contribution is -0.124. The van der Waals surface area contributed by atoms with Gasteiger partial charge in [0, 0.05) is 38.4 Å². The molecule has 0 spiro atoms. The number of aryl methyl sites for hydroxylation is 1. The SMILES string of the molecule is Cc1ccccc1CNC(=O)C1CN(Cc2ccccc2)CCC1=NCCN. The van der Waals surface area contributed by atoms with E-state index >= 15 is 0 Å². The molecule has 3 rings (SSSR count). The largest absolute Gasteiger partial charge is 0.351 e. The molecule has 0 aromatic heterocycles. The minimum Gasteiger partial charge on any atom is -0.351 e. The third kappa shape index (κ3) is 5.50. The number of nitrogens with one attached hydrogen (secondary N) is 1. The van der Waals surface area contributed by atoms with Crippen molar-refractivity contribution in [1.29, 1.82) is 0 Å². The van der Waals surface area contributed by atoms with Gasteiger partial charge in [-0.2, -0.15) is 0 Å². The Labute approximate surface area is 167 Å². The van der Waals surface area contributed by atoms with E-state index in [9.17, 15) is 4.79 Å². The Morgan fingerprint density at radius 1 is 1.18 bits per heavy atom. The molecular weight excluding hydrogens is 348 g/mol. The summed E-state index contributed by atoms with van der Waals surface area (Å²) in [4.78, 5) is 20.0. The van der Waals surface area contributed by atoms with Gasteiger partial charge in [0.05, 0.1) is 12.5 Å². The first-order chi connectivity index (χ1) is 13.7. The summed E-state index contributed by atoms with van der Waals surface area (Å²) in [6.45, 7) is 6.16. The second-order valence-electron chi connectivity index (χ2n) is 7.33. The van der Waals surface area contributed by atoms with Gasteiger partial charge in [-0.05, 0) is 30.0 Å². The molecule has 1 amide bonds. The van der Waals surface area contributed by atoms with Gasteiger partial charge in [0.1, 0.15) is 0 Å². The molecule has 1 heterocycles. The van der Waals surface area contributed by atoms with Gasteiger partial charge < -0.3 is 11.1 Å². The van der Waals surface area contributed by atoms with Crippen molar-refractivity contribution in [3.8, 4) is 0 Å². The second-order valence-corrected chi connectivity index (χ2v) is 7.33. The fourth-order valence-electron chi connectivity index (χ4n) is 3.63. The quantitative estimate of drug-likeness (QED) is 0.778. The van der Waals surface area contributed by atoms with Crippen LogP contribution in [0.3, 0.4) is 0 Å². The maximum Gasteiger partial charge on any atom is 0.230 e. The summed E-state index contributed by atoms with van der Waals surface area (Å²) >= 11 is 0. The predicted molar refractivity (Wildman–Crippen MR) is 114 cm³/mol. The van der Waals surface area contributed by atoms with Crippen LogP contribution in [0, 0.1) is 12.8 Å². The average molecular weight is 379 g/mol. The van der Waals surface area contributed by atoms with E-state index in [1.54, 1.807) is 0 Å². The van der Waals surface area contributed by atoms with Crippen LogP contribution in [0.4, 0.5) is 0 Å². The summed E-state index contributed by atoms with van der Waals surface area (Å²) in [5, 5.41) is 3.12. The van der Waals surface area contributed by atoms with Gasteiger partial charge in [-0.25, -0.2) is 0 Å². The molecule has 1 aliphatic rings. The van der Waals surface area contributed by atoms with Gasteiger partial charge in [-0.1, -0.05) is 54.6 Å².